The van der Waals surface area contributed by atoms with Gasteiger partial charge in [0.25, 0.3) is 0 Å². The van der Waals surface area contributed by atoms with E-state index in [1.807, 2.05) is 18.2 Å². The Kier molecular flexibility index (Phi) is 2.16. The van der Waals surface area contributed by atoms with Gasteiger partial charge in [-0.3, -0.25) is 10.1 Å². The third-order valence-electron chi connectivity index (χ3n) is 3.92. The smallest absolute Gasteiger partial charge is 0.221 e. The van der Waals surface area contributed by atoms with Crippen LogP contribution in [0.2, 0.25) is 0 Å². The van der Waals surface area contributed by atoms with Gasteiger partial charge in [-0.25, -0.2) is 0 Å². The van der Waals surface area contributed by atoms with E-state index in [1.165, 1.54) is 0 Å². The van der Waals surface area contributed by atoms with Crippen molar-refractivity contribution in [2.24, 2.45) is 5.41 Å². The Balaban J connectivity index is 1.87. The van der Waals surface area contributed by atoms with Crippen LogP contribution in [0.25, 0.3) is 0 Å². The van der Waals surface area contributed by atoms with Gasteiger partial charge in [-0.2, -0.15) is 0 Å². The van der Waals surface area contributed by atoms with Gasteiger partial charge in [-0.05, 0) is 12.5 Å². The van der Waals surface area contributed by atoms with Gasteiger partial charge >= 0.3 is 0 Å². The lowest BCUT2D eigenvalue weighted by atomic mass is 9.83. The van der Waals surface area contributed by atoms with Crippen LogP contribution in [-0.4, -0.2) is 17.2 Å². The first-order valence-electron chi connectivity index (χ1n) is 5.92. The summed E-state index contributed by atoms with van der Waals surface area (Å²) in [6.45, 7) is 2.11. The van der Waals surface area contributed by atoms with E-state index in [4.69, 9.17) is 0 Å². The number of carbonyl (C=O) groups excluding carboxylic acids is 1. The van der Waals surface area contributed by atoms with Gasteiger partial charge in [-0.1, -0.05) is 25.1 Å². The Hall–Kier alpha value is -1.55. The Morgan fingerprint density at radius 2 is 2.18 bits per heavy atom. The predicted octanol–water partition coefficient (Wildman–Crippen LogP) is 1.28. The third-order valence-corrected chi connectivity index (χ3v) is 3.92. The van der Waals surface area contributed by atoms with Crippen molar-refractivity contribution in [1.82, 2.24) is 10.6 Å². The number of aromatic hydroxyl groups is 1. The minimum absolute atomic E-state index is 0.0274. The lowest BCUT2D eigenvalue weighted by Gasteiger charge is -2.19. The van der Waals surface area contributed by atoms with Crippen LogP contribution in [0.15, 0.2) is 24.3 Å². The molecule has 2 heterocycles. The molecule has 0 aromatic heterocycles. The van der Waals surface area contributed by atoms with E-state index in [1.54, 1.807) is 6.07 Å². The molecular formula is C13H16N2O2. The summed E-state index contributed by atoms with van der Waals surface area (Å²) in [5, 5.41) is 16.2. The molecule has 1 aromatic rings. The van der Waals surface area contributed by atoms with Crippen molar-refractivity contribution < 1.29 is 9.90 Å². The summed E-state index contributed by atoms with van der Waals surface area (Å²) in [7, 11) is 0. The summed E-state index contributed by atoms with van der Waals surface area (Å²) in [4.78, 5) is 11.4. The zero-order chi connectivity index (χ0) is 12.0. The van der Waals surface area contributed by atoms with Crippen molar-refractivity contribution in [3.05, 3.63) is 29.8 Å². The van der Waals surface area contributed by atoms with Crippen LogP contribution in [-0.2, 0) is 4.79 Å². The maximum atomic E-state index is 11.4. The number of nitrogens with one attached hydrogen (secondary N) is 2. The number of hydrogen-bond donors (Lipinski definition) is 3. The number of phenols is 1. The van der Waals surface area contributed by atoms with E-state index in [2.05, 4.69) is 17.6 Å². The van der Waals surface area contributed by atoms with Crippen molar-refractivity contribution in [2.45, 2.75) is 32.0 Å². The number of fused-ring (bicyclic) bond motifs is 1. The molecular weight excluding hydrogens is 216 g/mol. The summed E-state index contributed by atoms with van der Waals surface area (Å²) >= 11 is 0. The van der Waals surface area contributed by atoms with Gasteiger partial charge in [0.15, 0.2) is 0 Å². The van der Waals surface area contributed by atoms with Crippen molar-refractivity contribution in [2.75, 3.05) is 0 Å². The van der Waals surface area contributed by atoms with Gasteiger partial charge in [0.05, 0.1) is 6.17 Å². The molecule has 0 unspecified atom stereocenters. The van der Waals surface area contributed by atoms with Crippen molar-refractivity contribution in [3.63, 3.8) is 0 Å². The van der Waals surface area contributed by atoms with Crippen molar-refractivity contribution in [3.8, 4) is 5.75 Å². The van der Waals surface area contributed by atoms with E-state index >= 15 is 0 Å². The highest BCUT2D eigenvalue weighted by molar-refractivity contribution is 5.80. The summed E-state index contributed by atoms with van der Waals surface area (Å²) < 4.78 is 0. The lowest BCUT2D eigenvalue weighted by molar-refractivity contribution is -0.120. The highest BCUT2D eigenvalue weighted by Gasteiger charge is 2.50. The molecule has 2 aliphatic heterocycles. The van der Waals surface area contributed by atoms with Crippen molar-refractivity contribution in [1.29, 1.82) is 0 Å². The molecule has 2 saturated heterocycles. The summed E-state index contributed by atoms with van der Waals surface area (Å²) in [5.74, 6) is 0.431. The first-order chi connectivity index (χ1) is 8.08. The van der Waals surface area contributed by atoms with Gasteiger partial charge in [-0.15, -0.1) is 0 Å². The normalized spacial score (nSPS) is 35.7. The second kappa shape index (κ2) is 3.47. The molecule has 90 valence electrons. The molecule has 0 bridgehead atoms. The number of rotatable bonds is 1. The molecule has 2 aliphatic rings. The molecule has 1 aromatic carbocycles. The lowest BCUT2D eigenvalue weighted by Crippen LogP contribution is -2.40. The van der Waals surface area contributed by atoms with Gasteiger partial charge in [0.2, 0.25) is 5.91 Å². The number of benzene rings is 1. The van der Waals surface area contributed by atoms with E-state index in [0.717, 1.165) is 12.0 Å². The number of phenolic OH excluding ortho intramolecular Hbond substituents is 1. The van der Waals surface area contributed by atoms with Gasteiger partial charge < -0.3 is 10.4 Å². The molecule has 0 radical (unpaired) electrons. The van der Waals surface area contributed by atoms with Crippen LogP contribution in [0, 0.1) is 5.41 Å². The Morgan fingerprint density at radius 3 is 2.88 bits per heavy atom. The van der Waals surface area contributed by atoms with Crippen LogP contribution in [0.1, 0.15) is 31.4 Å². The quantitative estimate of drug-likeness (QED) is 0.683. The molecule has 2 fully saturated rings. The SMILES string of the molecule is C[C@@]12CC(=O)N[C@H]1N[C@@H](c1ccccc1O)C2. The Labute approximate surface area is 100 Å². The minimum atomic E-state index is -0.0377. The summed E-state index contributed by atoms with van der Waals surface area (Å²) in [5.41, 5.74) is 0.877. The molecule has 3 N–H and O–H groups in total. The zero-order valence-corrected chi connectivity index (χ0v) is 9.73. The van der Waals surface area contributed by atoms with Gasteiger partial charge in [0, 0.05) is 23.4 Å². The molecule has 3 atom stereocenters. The van der Waals surface area contributed by atoms with E-state index in [0.29, 0.717) is 12.2 Å². The number of carbonyl (C=O) groups is 1. The fourth-order valence-electron chi connectivity index (χ4n) is 3.00. The molecule has 3 rings (SSSR count). The Bertz CT molecular complexity index is 474. The summed E-state index contributed by atoms with van der Waals surface area (Å²) in [6.07, 6.45) is 1.46. The molecule has 17 heavy (non-hydrogen) atoms. The topological polar surface area (TPSA) is 61.4 Å². The largest absolute Gasteiger partial charge is 0.508 e. The second-order valence-corrected chi connectivity index (χ2v) is 5.31. The average molecular weight is 232 g/mol. The van der Waals surface area contributed by atoms with Crippen molar-refractivity contribution >= 4 is 5.91 Å². The monoisotopic (exact) mass is 232 g/mol. The molecule has 1 amide bonds. The third kappa shape index (κ3) is 1.60. The molecule has 0 saturated carbocycles. The number of hydrogen-bond acceptors (Lipinski definition) is 3. The highest BCUT2D eigenvalue weighted by atomic mass is 16.3. The number of amides is 1. The van der Waals surface area contributed by atoms with E-state index in [9.17, 15) is 9.90 Å². The molecule has 4 nitrogen and oxygen atoms in total. The van der Waals surface area contributed by atoms with Crippen LogP contribution in [0.4, 0.5) is 0 Å². The molecule has 0 spiro atoms. The van der Waals surface area contributed by atoms with Crippen LogP contribution < -0.4 is 10.6 Å². The van der Waals surface area contributed by atoms with Crippen LogP contribution in [0.3, 0.4) is 0 Å². The van der Waals surface area contributed by atoms with E-state index in [-0.39, 0.29) is 23.5 Å². The van der Waals surface area contributed by atoms with Crippen LogP contribution >= 0.6 is 0 Å². The fraction of sp³-hybridized carbons (Fsp3) is 0.462. The van der Waals surface area contributed by atoms with Crippen LogP contribution in [0.5, 0.6) is 5.75 Å². The predicted molar refractivity (Wildman–Crippen MR) is 63.3 cm³/mol. The summed E-state index contributed by atoms with van der Waals surface area (Å²) in [6, 6.07) is 7.49. The average Bonchev–Trinajstić information content (AvgIpc) is 2.68. The number of para-hydroxylation sites is 1. The molecule has 0 aliphatic carbocycles. The zero-order valence-electron chi connectivity index (χ0n) is 9.73. The first-order valence-corrected chi connectivity index (χ1v) is 5.92. The Morgan fingerprint density at radius 1 is 1.41 bits per heavy atom. The first kappa shape index (κ1) is 10.6. The highest BCUT2D eigenvalue weighted by Crippen LogP contribution is 2.46. The maximum absolute atomic E-state index is 11.4. The second-order valence-electron chi connectivity index (χ2n) is 5.31. The standard InChI is InChI=1S/C13H16N2O2/c1-13-6-9(8-4-2-3-5-10(8)16)14-12(13)15-11(17)7-13/h2-5,9,12,14,16H,6-7H2,1H3,(H,15,17)/t9-,12-,13-/m1/s1. The molecule has 4 heteroatoms. The maximum Gasteiger partial charge on any atom is 0.221 e. The van der Waals surface area contributed by atoms with Gasteiger partial charge in [0.1, 0.15) is 5.75 Å². The minimum Gasteiger partial charge on any atom is -0.508 e. The van der Waals surface area contributed by atoms with E-state index < -0.39 is 0 Å². The fourth-order valence-corrected chi connectivity index (χ4v) is 3.00.